The van der Waals surface area contributed by atoms with Crippen LogP contribution in [0.15, 0.2) is 12.1 Å². The van der Waals surface area contributed by atoms with Gasteiger partial charge in [0.1, 0.15) is 5.75 Å². The van der Waals surface area contributed by atoms with Crippen LogP contribution in [-0.2, 0) is 4.79 Å². The molecule has 1 N–H and O–H groups in total. The van der Waals surface area contributed by atoms with Gasteiger partial charge in [0.2, 0.25) is 0 Å². The molecular formula is C20H31NO2P+. The first-order valence-corrected chi connectivity index (χ1v) is 11.7. The van der Waals surface area contributed by atoms with Gasteiger partial charge in [-0.3, -0.25) is 4.79 Å². The number of carbonyl (C=O) groups excluding carboxylic acids is 1. The molecule has 24 heavy (non-hydrogen) atoms. The lowest BCUT2D eigenvalue weighted by atomic mass is 10.1. The van der Waals surface area contributed by atoms with Crippen LogP contribution in [0.2, 0.25) is 0 Å². The zero-order valence-electron chi connectivity index (χ0n) is 15.6. The van der Waals surface area contributed by atoms with Gasteiger partial charge < -0.3 is 10.1 Å². The minimum atomic E-state index is -1.14. The number of hydrogen-bond donors (Lipinski definition) is 1. The molecule has 1 amide bonds. The lowest BCUT2D eigenvalue weighted by Crippen LogP contribution is -2.37. The number of carbonyl (C=O) groups is 1. The molecule has 0 spiro atoms. The monoisotopic (exact) mass is 348 g/mol. The van der Waals surface area contributed by atoms with E-state index >= 15 is 0 Å². The second-order valence-electron chi connectivity index (χ2n) is 7.59. The van der Waals surface area contributed by atoms with E-state index in [9.17, 15) is 4.79 Å². The minimum absolute atomic E-state index is 0.0129. The average Bonchev–Trinajstić information content (AvgIpc) is 3.40. The third kappa shape index (κ3) is 2.86. The Morgan fingerprint density at radius 1 is 1.17 bits per heavy atom. The molecule has 2 fully saturated rings. The van der Waals surface area contributed by atoms with Crippen molar-refractivity contribution in [1.29, 1.82) is 0 Å². The third-order valence-electron chi connectivity index (χ3n) is 6.31. The van der Waals surface area contributed by atoms with Gasteiger partial charge in [-0.2, -0.15) is 0 Å². The highest BCUT2D eigenvalue weighted by Gasteiger charge is 2.69. The molecule has 0 bridgehead atoms. The fourth-order valence-corrected chi connectivity index (χ4v) is 10.2. The van der Waals surface area contributed by atoms with Crippen LogP contribution in [0.1, 0.15) is 50.2 Å². The normalized spacial score (nSPS) is 21.2. The molecule has 132 valence electrons. The standard InChI is InChI=1S/C20H30NO2P/c1-5-24(11-7-6-8-12-24)20(9-10-20)19(22)21-18-15(2)13-17(23-4)14-16(18)3/h13-14H,5-12H2,1-4H3/p+1. The summed E-state index contributed by atoms with van der Waals surface area (Å²) in [4.78, 5) is 13.3. The number of rotatable bonds is 5. The van der Waals surface area contributed by atoms with Gasteiger partial charge >= 0.3 is 0 Å². The quantitative estimate of drug-likeness (QED) is 0.760. The van der Waals surface area contributed by atoms with Crippen molar-refractivity contribution in [2.24, 2.45) is 0 Å². The molecule has 4 heteroatoms. The third-order valence-corrected chi connectivity index (χ3v) is 12.3. The Bertz CT molecular complexity index is 608. The molecule has 1 aliphatic carbocycles. The highest BCUT2D eigenvalue weighted by Crippen LogP contribution is 2.79. The Labute approximate surface area is 146 Å². The van der Waals surface area contributed by atoms with Gasteiger partial charge in [0.05, 0.1) is 25.6 Å². The van der Waals surface area contributed by atoms with Gasteiger partial charge in [0.25, 0.3) is 5.91 Å². The zero-order chi connectivity index (χ0) is 17.4. The molecule has 1 aromatic rings. The summed E-state index contributed by atoms with van der Waals surface area (Å²) < 4.78 is 5.34. The van der Waals surface area contributed by atoms with E-state index in [-0.39, 0.29) is 5.16 Å². The fraction of sp³-hybridized carbons (Fsp3) is 0.650. The predicted octanol–water partition coefficient (Wildman–Crippen LogP) is 5.00. The van der Waals surface area contributed by atoms with Crippen molar-refractivity contribution < 1.29 is 9.53 Å². The molecule has 1 aliphatic heterocycles. The van der Waals surface area contributed by atoms with Crippen LogP contribution >= 0.6 is 7.26 Å². The van der Waals surface area contributed by atoms with Crippen LogP contribution < -0.4 is 10.1 Å². The smallest absolute Gasteiger partial charge is 0.268 e. The summed E-state index contributed by atoms with van der Waals surface area (Å²) >= 11 is 0. The van der Waals surface area contributed by atoms with Crippen LogP contribution in [0.4, 0.5) is 5.69 Å². The minimum Gasteiger partial charge on any atom is -0.497 e. The number of aryl methyl sites for hydroxylation is 2. The molecule has 0 radical (unpaired) electrons. The lowest BCUT2D eigenvalue weighted by Gasteiger charge is -2.36. The molecule has 0 unspecified atom stereocenters. The van der Waals surface area contributed by atoms with Crippen LogP contribution in [-0.4, -0.2) is 36.7 Å². The molecular weight excluding hydrogens is 317 g/mol. The maximum absolute atomic E-state index is 13.3. The summed E-state index contributed by atoms with van der Waals surface area (Å²) in [6.45, 7) is 6.43. The van der Waals surface area contributed by atoms with E-state index < -0.39 is 7.26 Å². The number of nitrogens with one attached hydrogen (secondary N) is 1. The maximum Gasteiger partial charge on any atom is 0.268 e. The first-order valence-electron chi connectivity index (χ1n) is 9.31. The van der Waals surface area contributed by atoms with Crippen molar-refractivity contribution in [1.82, 2.24) is 0 Å². The van der Waals surface area contributed by atoms with Gasteiger partial charge in [-0.05, 0) is 63.3 Å². The molecule has 1 aromatic carbocycles. The summed E-state index contributed by atoms with van der Waals surface area (Å²) in [5.74, 6) is 1.16. The highest BCUT2D eigenvalue weighted by atomic mass is 31.2. The van der Waals surface area contributed by atoms with Gasteiger partial charge in [0, 0.05) is 25.8 Å². The number of benzene rings is 1. The predicted molar refractivity (Wildman–Crippen MR) is 104 cm³/mol. The Morgan fingerprint density at radius 3 is 2.21 bits per heavy atom. The van der Waals surface area contributed by atoms with Gasteiger partial charge in [-0.15, -0.1) is 0 Å². The molecule has 3 rings (SSSR count). The summed E-state index contributed by atoms with van der Waals surface area (Å²) in [6.07, 6.45) is 10.1. The summed E-state index contributed by atoms with van der Waals surface area (Å²) in [5.41, 5.74) is 3.16. The van der Waals surface area contributed by atoms with E-state index in [1.165, 1.54) is 37.7 Å². The number of methoxy groups -OCH3 is 1. The number of anilines is 1. The van der Waals surface area contributed by atoms with Crippen LogP contribution in [0, 0.1) is 13.8 Å². The maximum atomic E-state index is 13.3. The van der Waals surface area contributed by atoms with E-state index in [0.29, 0.717) is 5.91 Å². The van der Waals surface area contributed by atoms with Crippen LogP contribution in [0.3, 0.4) is 0 Å². The highest BCUT2D eigenvalue weighted by molar-refractivity contribution is 7.78. The van der Waals surface area contributed by atoms with Crippen molar-refractivity contribution in [3.8, 4) is 5.75 Å². The number of amides is 1. The summed E-state index contributed by atoms with van der Waals surface area (Å²) in [7, 11) is 0.546. The van der Waals surface area contributed by atoms with Gasteiger partial charge in [0.15, 0.2) is 5.16 Å². The van der Waals surface area contributed by atoms with Crippen molar-refractivity contribution in [3.63, 3.8) is 0 Å². The van der Waals surface area contributed by atoms with E-state index in [1.807, 2.05) is 12.1 Å². The first kappa shape index (κ1) is 17.7. The van der Waals surface area contributed by atoms with E-state index in [1.54, 1.807) is 7.11 Å². The lowest BCUT2D eigenvalue weighted by molar-refractivity contribution is -0.116. The average molecular weight is 348 g/mol. The Balaban J connectivity index is 1.85. The molecule has 1 saturated carbocycles. The van der Waals surface area contributed by atoms with E-state index in [4.69, 9.17) is 4.74 Å². The SMILES string of the molecule is CC[P+]1(C2(C(=O)Nc3c(C)cc(OC)cc3C)CC2)CCCCC1. The van der Waals surface area contributed by atoms with Gasteiger partial charge in [-0.25, -0.2) is 0 Å². The van der Waals surface area contributed by atoms with Crippen molar-refractivity contribution in [3.05, 3.63) is 23.3 Å². The zero-order valence-corrected chi connectivity index (χ0v) is 16.5. The number of hydrogen-bond acceptors (Lipinski definition) is 2. The van der Waals surface area contributed by atoms with Crippen molar-refractivity contribution in [2.45, 2.75) is 58.0 Å². The van der Waals surface area contributed by atoms with Crippen molar-refractivity contribution >= 4 is 18.9 Å². The molecule has 1 heterocycles. The Morgan fingerprint density at radius 2 is 1.75 bits per heavy atom. The van der Waals surface area contributed by atoms with Crippen molar-refractivity contribution in [2.75, 3.05) is 30.9 Å². The Kier molecular flexibility index (Phi) is 4.93. The molecule has 2 aliphatic rings. The summed E-state index contributed by atoms with van der Waals surface area (Å²) in [6, 6.07) is 4.01. The number of ether oxygens (including phenoxy) is 1. The fourth-order valence-electron chi connectivity index (χ4n) is 4.67. The van der Waals surface area contributed by atoms with E-state index in [0.717, 1.165) is 35.4 Å². The largest absolute Gasteiger partial charge is 0.497 e. The van der Waals surface area contributed by atoms with Crippen LogP contribution in [0.25, 0.3) is 0 Å². The first-order chi connectivity index (χ1) is 11.5. The molecule has 0 aromatic heterocycles. The summed E-state index contributed by atoms with van der Waals surface area (Å²) in [5, 5.41) is 3.31. The Hall–Kier alpha value is -1.08. The topological polar surface area (TPSA) is 38.3 Å². The van der Waals surface area contributed by atoms with E-state index in [2.05, 4.69) is 26.1 Å². The van der Waals surface area contributed by atoms with Crippen LogP contribution in [0.5, 0.6) is 5.75 Å². The molecule has 1 saturated heterocycles. The molecule has 0 atom stereocenters. The molecule has 3 nitrogen and oxygen atoms in total. The van der Waals surface area contributed by atoms with Gasteiger partial charge in [-0.1, -0.05) is 0 Å². The second kappa shape index (κ2) is 6.67. The second-order valence-corrected chi connectivity index (χ2v) is 12.3.